The topological polar surface area (TPSA) is 57.6 Å². The highest BCUT2D eigenvalue weighted by atomic mass is 127. The van der Waals surface area contributed by atoms with E-state index >= 15 is 0 Å². The lowest BCUT2D eigenvalue weighted by molar-refractivity contribution is -0.141. The van der Waals surface area contributed by atoms with Crippen LogP contribution in [0.4, 0.5) is 0 Å². The van der Waals surface area contributed by atoms with Gasteiger partial charge >= 0.3 is 5.97 Å². The highest BCUT2D eigenvalue weighted by Gasteiger charge is 2.32. The normalized spacial score (nSPS) is 18.7. The fourth-order valence-electron chi connectivity index (χ4n) is 2.03. The van der Waals surface area contributed by atoms with E-state index in [9.17, 15) is 9.59 Å². The molecule has 0 radical (unpaired) electrons. The summed E-state index contributed by atoms with van der Waals surface area (Å²) in [5, 5.41) is 9.76. The van der Waals surface area contributed by atoms with Crippen LogP contribution in [0, 0.1) is 9.49 Å². The number of aliphatic carboxylic acids is 1. The Morgan fingerprint density at radius 1 is 1.37 bits per heavy atom. The summed E-state index contributed by atoms with van der Waals surface area (Å²) in [6, 6.07) is 3.14. The summed E-state index contributed by atoms with van der Waals surface area (Å²) in [4.78, 5) is 24.8. The number of likely N-dealkylation sites (tertiary alicyclic amines) is 1. The fraction of sp³-hybridized carbons (Fsp3) is 0.333. The van der Waals surface area contributed by atoms with E-state index in [4.69, 9.17) is 28.3 Å². The average Bonchev–Trinajstić information content (AvgIpc) is 2.82. The van der Waals surface area contributed by atoms with Gasteiger partial charge in [0.2, 0.25) is 0 Å². The first-order valence-corrected chi connectivity index (χ1v) is 7.40. The van der Waals surface area contributed by atoms with E-state index in [1.165, 1.54) is 4.90 Å². The Labute approximate surface area is 133 Å². The number of nitrogens with zero attached hydrogens (tertiary/aromatic N) is 1. The Morgan fingerprint density at radius 2 is 2.05 bits per heavy atom. The van der Waals surface area contributed by atoms with Crippen LogP contribution < -0.4 is 0 Å². The van der Waals surface area contributed by atoms with Gasteiger partial charge < -0.3 is 10.0 Å². The van der Waals surface area contributed by atoms with Crippen molar-refractivity contribution in [2.45, 2.75) is 6.42 Å². The fourth-order valence-corrected chi connectivity index (χ4v) is 3.06. The van der Waals surface area contributed by atoms with Gasteiger partial charge in [-0.15, -0.1) is 0 Å². The molecule has 4 nitrogen and oxygen atoms in total. The zero-order chi connectivity index (χ0) is 14.2. The van der Waals surface area contributed by atoms with E-state index in [-0.39, 0.29) is 12.5 Å². The molecule has 1 aromatic carbocycles. The van der Waals surface area contributed by atoms with Gasteiger partial charge in [-0.25, -0.2) is 0 Å². The van der Waals surface area contributed by atoms with Gasteiger partial charge in [0.15, 0.2) is 0 Å². The molecule has 1 aliphatic rings. The second-order valence-corrected chi connectivity index (χ2v) is 6.25. The van der Waals surface area contributed by atoms with Gasteiger partial charge in [0.1, 0.15) is 0 Å². The van der Waals surface area contributed by atoms with Gasteiger partial charge in [-0.05, 0) is 41.1 Å². The van der Waals surface area contributed by atoms with Crippen molar-refractivity contribution in [1.29, 1.82) is 0 Å². The summed E-state index contributed by atoms with van der Waals surface area (Å²) >= 11 is 13.9. The number of amides is 1. The zero-order valence-electron chi connectivity index (χ0n) is 9.70. The minimum atomic E-state index is -0.867. The van der Waals surface area contributed by atoms with Crippen molar-refractivity contribution in [2.24, 2.45) is 5.92 Å². The number of rotatable bonds is 2. The van der Waals surface area contributed by atoms with Gasteiger partial charge in [-0.1, -0.05) is 23.2 Å². The van der Waals surface area contributed by atoms with Crippen LogP contribution in [-0.4, -0.2) is 35.0 Å². The van der Waals surface area contributed by atoms with Crippen LogP contribution in [0.1, 0.15) is 16.8 Å². The smallest absolute Gasteiger partial charge is 0.308 e. The van der Waals surface area contributed by atoms with Gasteiger partial charge in [0.05, 0.1) is 16.5 Å². The Balaban J connectivity index is 2.24. The predicted octanol–water partition coefficient (Wildman–Crippen LogP) is 3.14. The number of carboxylic acids is 1. The molecule has 1 unspecified atom stereocenters. The minimum Gasteiger partial charge on any atom is -0.481 e. The van der Waals surface area contributed by atoms with E-state index < -0.39 is 11.9 Å². The molecule has 1 fully saturated rings. The third kappa shape index (κ3) is 3.14. The van der Waals surface area contributed by atoms with E-state index in [1.54, 1.807) is 12.1 Å². The highest BCUT2D eigenvalue weighted by molar-refractivity contribution is 14.1. The lowest BCUT2D eigenvalue weighted by Crippen LogP contribution is -2.30. The second kappa shape index (κ2) is 5.85. The molecule has 7 heteroatoms. The molecule has 1 N–H and O–H groups in total. The lowest BCUT2D eigenvalue weighted by Gasteiger charge is -2.17. The number of carboxylic acid groups (broad SMARTS) is 1. The molecule has 0 spiro atoms. The van der Waals surface area contributed by atoms with Crippen LogP contribution in [0.25, 0.3) is 0 Å². The summed E-state index contributed by atoms with van der Waals surface area (Å²) in [6.45, 7) is 0.671. The van der Waals surface area contributed by atoms with Crippen molar-refractivity contribution >= 4 is 57.7 Å². The summed E-state index contributed by atoms with van der Waals surface area (Å²) in [5.74, 6) is -1.58. The Bertz CT molecular complexity index is 550. The Hall–Kier alpha value is -0.530. The van der Waals surface area contributed by atoms with Gasteiger partial charge in [0, 0.05) is 21.7 Å². The van der Waals surface area contributed by atoms with E-state index in [0.717, 1.165) is 0 Å². The molecule has 0 bridgehead atoms. The molecule has 0 aromatic heterocycles. The summed E-state index contributed by atoms with van der Waals surface area (Å²) in [5.41, 5.74) is 0.420. The third-order valence-electron chi connectivity index (χ3n) is 3.05. The van der Waals surface area contributed by atoms with Crippen LogP contribution in [0.2, 0.25) is 10.0 Å². The molecule has 19 heavy (non-hydrogen) atoms. The number of halogens is 3. The molecule has 1 aliphatic heterocycles. The zero-order valence-corrected chi connectivity index (χ0v) is 13.4. The first-order chi connectivity index (χ1) is 8.90. The van der Waals surface area contributed by atoms with Crippen molar-refractivity contribution in [3.8, 4) is 0 Å². The molecule has 2 rings (SSSR count). The van der Waals surface area contributed by atoms with Crippen molar-refractivity contribution in [2.75, 3.05) is 13.1 Å². The second-order valence-electron chi connectivity index (χ2n) is 4.32. The standard InChI is InChI=1S/C12H10Cl2INO3/c13-7-3-8(10(15)9(14)4-7)11(17)16-2-1-6(5-16)12(18)19/h3-4,6H,1-2,5H2,(H,18,19). The molecular formula is C12H10Cl2INO3. The van der Waals surface area contributed by atoms with Crippen LogP contribution in [-0.2, 0) is 4.79 Å². The first-order valence-electron chi connectivity index (χ1n) is 5.56. The molecule has 1 saturated heterocycles. The summed E-state index contributed by atoms with van der Waals surface area (Å²) in [7, 11) is 0. The van der Waals surface area contributed by atoms with Crippen molar-refractivity contribution in [3.05, 3.63) is 31.3 Å². The predicted molar refractivity (Wildman–Crippen MR) is 80.8 cm³/mol. The van der Waals surface area contributed by atoms with Crippen LogP contribution >= 0.6 is 45.8 Å². The highest BCUT2D eigenvalue weighted by Crippen LogP contribution is 2.29. The maximum absolute atomic E-state index is 12.4. The molecular weight excluding hydrogens is 404 g/mol. The number of hydrogen-bond donors (Lipinski definition) is 1. The molecule has 1 aromatic rings. The minimum absolute atomic E-state index is 0.224. The van der Waals surface area contributed by atoms with Crippen molar-refractivity contribution < 1.29 is 14.7 Å². The Kier molecular flexibility index (Phi) is 4.58. The molecule has 1 atom stereocenters. The number of hydrogen-bond acceptors (Lipinski definition) is 2. The number of carbonyl (C=O) groups is 2. The van der Waals surface area contributed by atoms with E-state index in [0.29, 0.717) is 32.1 Å². The molecule has 0 saturated carbocycles. The van der Waals surface area contributed by atoms with Gasteiger partial charge in [-0.2, -0.15) is 0 Å². The lowest BCUT2D eigenvalue weighted by atomic mass is 10.1. The Morgan fingerprint density at radius 3 is 2.63 bits per heavy atom. The van der Waals surface area contributed by atoms with Crippen LogP contribution in [0.3, 0.4) is 0 Å². The maximum Gasteiger partial charge on any atom is 0.308 e. The van der Waals surface area contributed by atoms with Crippen molar-refractivity contribution in [3.63, 3.8) is 0 Å². The SMILES string of the molecule is O=C(O)C1CCN(C(=O)c2cc(Cl)cc(Cl)c2I)C1. The third-order valence-corrected chi connectivity index (χ3v) is 5.05. The molecule has 1 heterocycles. The quantitative estimate of drug-likeness (QED) is 0.598. The maximum atomic E-state index is 12.4. The summed E-state index contributed by atoms with van der Waals surface area (Å²) < 4.78 is 0.632. The number of carbonyl (C=O) groups excluding carboxylic acids is 1. The molecule has 0 aliphatic carbocycles. The van der Waals surface area contributed by atoms with Crippen LogP contribution in [0.5, 0.6) is 0 Å². The molecule has 102 valence electrons. The number of benzene rings is 1. The average molecular weight is 414 g/mol. The first kappa shape index (κ1) is 14.9. The van der Waals surface area contributed by atoms with Crippen LogP contribution in [0.15, 0.2) is 12.1 Å². The van der Waals surface area contributed by atoms with Crippen molar-refractivity contribution in [1.82, 2.24) is 4.90 Å². The van der Waals surface area contributed by atoms with E-state index in [1.807, 2.05) is 22.6 Å². The van der Waals surface area contributed by atoms with Gasteiger partial charge in [-0.3, -0.25) is 9.59 Å². The molecule has 1 amide bonds. The summed E-state index contributed by atoms with van der Waals surface area (Å²) in [6.07, 6.45) is 0.478. The largest absolute Gasteiger partial charge is 0.481 e. The monoisotopic (exact) mass is 413 g/mol. The van der Waals surface area contributed by atoms with E-state index in [2.05, 4.69) is 0 Å². The van der Waals surface area contributed by atoms with Gasteiger partial charge in [0.25, 0.3) is 5.91 Å².